The first-order chi connectivity index (χ1) is 6.22. The van der Waals surface area contributed by atoms with Crippen LogP contribution in [0.5, 0.6) is 0 Å². The van der Waals surface area contributed by atoms with Gasteiger partial charge in [-0.05, 0) is 25.0 Å². The number of aryl methyl sites for hydroxylation is 2. The lowest BCUT2D eigenvalue weighted by Crippen LogP contribution is -1.84. The first-order valence-corrected chi connectivity index (χ1v) is 4.93. The maximum absolute atomic E-state index is 12.7. The van der Waals surface area contributed by atoms with Crippen LogP contribution in [0.25, 0.3) is 0 Å². The lowest BCUT2D eigenvalue weighted by atomic mass is 10.1. The summed E-state index contributed by atoms with van der Waals surface area (Å²) in [5.74, 6) is -0.0856. The third kappa shape index (κ3) is 5.40. The van der Waals surface area contributed by atoms with Crippen LogP contribution < -0.4 is 0 Å². The van der Waals surface area contributed by atoms with Crippen LogP contribution in [0.3, 0.4) is 0 Å². The lowest BCUT2D eigenvalue weighted by Gasteiger charge is -1.96. The normalized spacial score (nSPS) is 7.62. The zero-order valence-electron chi connectivity index (χ0n) is 9.61. The minimum atomic E-state index is -0.0856. The monoisotopic (exact) mass is 184 g/mol. The summed E-state index contributed by atoms with van der Waals surface area (Å²) >= 11 is 0. The van der Waals surface area contributed by atoms with Crippen molar-refractivity contribution >= 4 is 0 Å². The molecule has 1 aromatic rings. The number of hydrogen-bond donors (Lipinski definition) is 0. The van der Waals surface area contributed by atoms with Crippen molar-refractivity contribution in [1.29, 1.82) is 0 Å². The van der Waals surface area contributed by atoms with Gasteiger partial charge in [0, 0.05) is 0 Å². The Kier molecular flexibility index (Phi) is 10.4. The van der Waals surface area contributed by atoms with Gasteiger partial charge in [-0.2, -0.15) is 0 Å². The van der Waals surface area contributed by atoms with Gasteiger partial charge in [-0.3, -0.25) is 0 Å². The molecule has 0 aliphatic rings. The Labute approximate surface area is 81.8 Å². The molecule has 0 aliphatic heterocycles. The summed E-state index contributed by atoms with van der Waals surface area (Å²) in [5, 5.41) is 0. The minimum absolute atomic E-state index is 0.0856. The molecule has 1 rings (SSSR count). The highest BCUT2D eigenvalue weighted by Crippen LogP contribution is 2.09. The van der Waals surface area contributed by atoms with E-state index in [2.05, 4.69) is 0 Å². The second-order valence-electron chi connectivity index (χ2n) is 2.21. The largest absolute Gasteiger partial charge is 0.206 e. The summed E-state index contributed by atoms with van der Waals surface area (Å²) < 4.78 is 12.7. The number of benzene rings is 1. The third-order valence-corrected chi connectivity index (χ3v) is 1.38. The molecule has 13 heavy (non-hydrogen) atoms. The fourth-order valence-corrected chi connectivity index (χ4v) is 0.794. The highest BCUT2D eigenvalue weighted by Gasteiger charge is 1.96. The predicted octanol–water partition coefficient (Wildman–Crippen LogP) is 4.49. The summed E-state index contributed by atoms with van der Waals surface area (Å²) in [6.45, 7) is 11.5. The minimum Gasteiger partial charge on any atom is -0.206 e. The molecule has 76 valence electrons. The van der Waals surface area contributed by atoms with E-state index < -0.39 is 0 Å². The Balaban J connectivity index is 0. The Morgan fingerprint density at radius 2 is 1.15 bits per heavy atom. The molecule has 0 heterocycles. The average molecular weight is 184 g/mol. The topological polar surface area (TPSA) is 0 Å². The zero-order chi connectivity index (χ0) is 10.9. The molecule has 0 aliphatic carbocycles. The van der Waals surface area contributed by atoms with Crippen molar-refractivity contribution in [1.82, 2.24) is 0 Å². The molecule has 0 spiro atoms. The quantitative estimate of drug-likeness (QED) is 0.557. The Morgan fingerprint density at radius 3 is 1.38 bits per heavy atom. The van der Waals surface area contributed by atoms with Gasteiger partial charge in [-0.1, -0.05) is 45.9 Å². The van der Waals surface area contributed by atoms with E-state index in [0.29, 0.717) is 0 Å². The highest BCUT2D eigenvalue weighted by atomic mass is 19.1. The van der Waals surface area contributed by atoms with Gasteiger partial charge in [0.1, 0.15) is 5.82 Å². The fourth-order valence-electron chi connectivity index (χ4n) is 0.794. The molecular formula is C12H21F. The SMILES string of the molecule is CC.CC.Cc1cccc(C)c1F. The molecule has 0 atom stereocenters. The van der Waals surface area contributed by atoms with Gasteiger partial charge in [0.2, 0.25) is 0 Å². The van der Waals surface area contributed by atoms with Crippen LogP contribution in [0.1, 0.15) is 38.8 Å². The highest BCUT2D eigenvalue weighted by molar-refractivity contribution is 5.23. The van der Waals surface area contributed by atoms with Crippen molar-refractivity contribution in [3.05, 3.63) is 35.1 Å². The van der Waals surface area contributed by atoms with Gasteiger partial charge in [0.15, 0.2) is 0 Å². The van der Waals surface area contributed by atoms with E-state index >= 15 is 0 Å². The first kappa shape index (κ1) is 14.7. The maximum Gasteiger partial charge on any atom is 0.129 e. The number of rotatable bonds is 0. The van der Waals surface area contributed by atoms with Gasteiger partial charge in [0.25, 0.3) is 0 Å². The summed E-state index contributed by atoms with van der Waals surface area (Å²) in [5.41, 5.74) is 1.44. The Hall–Kier alpha value is -0.850. The van der Waals surface area contributed by atoms with Gasteiger partial charge in [-0.15, -0.1) is 0 Å². The molecule has 0 nitrogen and oxygen atoms in total. The molecule has 0 N–H and O–H groups in total. The summed E-state index contributed by atoms with van der Waals surface area (Å²) in [6.07, 6.45) is 0. The second-order valence-corrected chi connectivity index (χ2v) is 2.21. The molecule has 0 fully saturated rings. The predicted molar refractivity (Wildman–Crippen MR) is 58.6 cm³/mol. The van der Waals surface area contributed by atoms with Crippen LogP contribution in [0.4, 0.5) is 4.39 Å². The lowest BCUT2D eigenvalue weighted by molar-refractivity contribution is 0.609. The standard InChI is InChI=1S/C8H9F.2C2H6/c1-6-4-3-5-7(2)8(6)9;2*1-2/h3-5H,1-2H3;2*1-2H3. The van der Waals surface area contributed by atoms with Gasteiger partial charge in [-0.25, -0.2) is 4.39 Å². The van der Waals surface area contributed by atoms with E-state index in [4.69, 9.17) is 0 Å². The van der Waals surface area contributed by atoms with Crippen LogP contribution >= 0.6 is 0 Å². The van der Waals surface area contributed by atoms with Crippen LogP contribution in [0, 0.1) is 19.7 Å². The zero-order valence-corrected chi connectivity index (χ0v) is 9.61. The fraction of sp³-hybridized carbons (Fsp3) is 0.500. The maximum atomic E-state index is 12.7. The van der Waals surface area contributed by atoms with Crippen molar-refractivity contribution in [3.8, 4) is 0 Å². The summed E-state index contributed by atoms with van der Waals surface area (Å²) in [6, 6.07) is 5.39. The van der Waals surface area contributed by atoms with Gasteiger partial charge >= 0.3 is 0 Å². The molecule has 0 saturated heterocycles. The Bertz CT molecular complexity index is 196. The molecule has 1 heteroatoms. The van der Waals surface area contributed by atoms with Crippen LogP contribution in [-0.4, -0.2) is 0 Å². The van der Waals surface area contributed by atoms with Crippen LogP contribution in [0.15, 0.2) is 18.2 Å². The van der Waals surface area contributed by atoms with Gasteiger partial charge in [0.05, 0.1) is 0 Å². The van der Waals surface area contributed by atoms with Gasteiger partial charge < -0.3 is 0 Å². The van der Waals surface area contributed by atoms with Crippen molar-refractivity contribution in [2.24, 2.45) is 0 Å². The van der Waals surface area contributed by atoms with Crippen LogP contribution in [0.2, 0.25) is 0 Å². The summed E-state index contributed by atoms with van der Waals surface area (Å²) in [7, 11) is 0. The molecular weight excluding hydrogens is 163 g/mol. The summed E-state index contributed by atoms with van der Waals surface area (Å²) in [4.78, 5) is 0. The average Bonchev–Trinajstić information content (AvgIpc) is 2.20. The van der Waals surface area contributed by atoms with E-state index in [9.17, 15) is 4.39 Å². The molecule has 0 amide bonds. The molecule has 0 unspecified atom stereocenters. The third-order valence-electron chi connectivity index (χ3n) is 1.38. The number of hydrogen-bond acceptors (Lipinski definition) is 0. The molecule has 0 aromatic heterocycles. The van der Waals surface area contributed by atoms with Crippen molar-refractivity contribution in [2.45, 2.75) is 41.5 Å². The van der Waals surface area contributed by atoms with E-state index in [0.717, 1.165) is 11.1 Å². The van der Waals surface area contributed by atoms with Crippen molar-refractivity contribution in [3.63, 3.8) is 0 Å². The van der Waals surface area contributed by atoms with E-state index in [1.165, 1.54) is 0 Å². The number of halogens is 1. The van der Waals surface area contributed by atoms with E-state index in [1.54, 1.807) is 26.0 Å². The van der Waals surface area contributed by atoms with Crippen molar-refractivity contribution in [2.75, 3.05) is 0 Å². The smallest absolute Gasteiger partial charge is 0.129 e. The Morgan fingerprint density at radius 1 is 0.846 bits per heavy atom. The van der Waals surface area contributed by atoms with Crippen LogP contribution in [-0.2, 0) is 0 Å². The second kappa shape index (κ2) is 9.24. The molecule has 1 aromatic carbocycles. The van der Waals surface area contributed by atoms with E-state index in [-0.39, 0.29) is 5.82 Å². The van der Waals surface area contributed by atoms with Crippen molar-refractivity contribution < 1.29 is 4.39 Å². The molecule has 0 saturated carbocycles. The van der Waals surface area contributed by atoms with E-state index in [1.807, 2.05) is 33.8 Å². The molecule has 0 radical (unpaired) electrons. The first-order valence-electron chi connectivity index (χ1n) is 4.93. The molecule has 0 bridgehead atoms.